The fourth-order valence-corrected chi connectivity index (χ4v) is 0.305. The van der Waals surface area contributed by atoms with E-state index in [1.165, 1.54) is 0 Å². The molecule has 0 atom stereocenters. The molecule has 3 N–H and O–H groups in total. The van der Waals surface area contributed by atoms with Crippen LogP contribution in [0, 0.1) is 0 Å². The van der Waals surface area contributed by atoms with E-state index in [1.54, 1.807) is 0 Å². The number of hydrogen-bond acceptors (Lipinski definition) is 3. The summed E-state index contributed by atoms with van der Waals surface area (Å²) in [6, 6.07) is 0. The van der Waals surface area contributed by atoms with Crippen molar-refractivity contribution in [2.75, 3.05) is 0 Å². The van der Waals surface area contributed by atoms with Crippen LogP contribution in [0.3, 0.4) is 0 Å². The van der Waals surface area contributed by atoms with E-state index in [2.05, 4.69) is 4.52 Å². The normalized spacial score (nSPS) is 7.17. The van der Waals surface area contributed by atoms with Crippen LogP contribution in [0.1, 0.15) is 5.71 Å². The maximum absolute atomic E-state index is 9.53. The predicted octanol–water partition coefficient (Wildman–Crippen LogP) is -11.8. The van der Waals surface area contributed by atoms with Crippen LogP contribution in [-0.4, -0.2) is 21.0 Å². The first-order valence-electron chi connectivity index (χ1n) is 1.40. The van der Waals surface area contributed by atoms with Crippen molar-refractivity contribution in [1.82, 2.24) is 0 Å². The molecule has 0 amide bonds. The fraction of sp³-hybridized carbons (Fsp3) is 0. The topological polar surface area (TPSA) is 104 Å². The van der Waals surface area contributed by atoms with Gasteiger partial charge >= 0.3 is 89.4 Å². The average Bonchev–Trinajstić information content (AvgIpc) is 1.21. The third-order valence-corrected chi connectivity index (χ3v) is 0.591. The fourth-order valence-electron chi connectivity index (χ4n) is 0.102. The van der Waals surface area contributed by atoms with Gasteiger partial charge in [-0.1, -0.05) is 0 Å². The molecule has 11 heteroatoms. The van der Waals surface area contributed by atoms with Crippen LogP contribution in [-0.2, 0) is 9.09 Å². The van der Waals surface area contributed by atoms with E-state index in [1.807, 2.05) is 0 Å². The quantitative estimate of drug-likeness (QED) is 0.269. The van der Waals surface area contributed by atoms with Crippen molar-refractivity contribution in [3.63, 3.8) is 0 Å². The molecule has 0 aromatic rings. The van der Waals surface area contributed by atoms with Gasteiger partial charge in [-0.25, -0.2) is 9.36 Å². The molecule has 0 heterocycles. The molecule has 0 aliphatic carbocycles. The number of rotatable bonds is 1. The molecule has 0 saturated heterocycles. The maximum atomic E-state index is 9.53. The van der Waals surface area contributed by atoms with Gasteiger partial charge in [0.15, 0.2) is 0 Å². The Morgan fingerprint density at radius 1 is 1.17 bits per heavy atom. The van der Waals surface area contributed by atoms with Crippen LogP contribution in [0.25, 0.3) is 0 Å². The van der Waals surface area contributed by atoms with Crippen molar-refractivity contribution in [2.24, 2.45) is 0 Å². The minimum Gasteiger partial charge on any atom is -1.00 e. The number of carboxylic acid groups (broad SMARTS) is 1. The summed E-state index contributed by atoms with van der Waals surface area (Å²) in [6.07, 6.45) is -1.99. The van der Waals surface area contributed by atoms with Crippen LogP contribution < -0.4 is 75.4 Å². The summed E-state index contributed by atoms with van der Waals surface area (Å²) in [5.41, 5.74) is 0. The SMILES string of the molecule is O=C(O)OP(=O)(O)O.[H-].[H-].[H-].[H-].[Li+].[Li+].[Li+].[Li+]. The molecule has 0 aromatic carbocycles. The minimum atomic E-state index is -4.82. The Hall–Kier alpha value is 1.81. The zero-order valence-electron chi connectivity index (χ0n) is 11.5. The van der Waals surface area contributed by atoms with Gasteiger partial charge < -0.3 is 15.3 Å². The number of phosphoric acid groups is 1. The molecule has 0 aliphatic heterocycles. The van der Waals surface area contributed by atoms with Crippen molar-refractivity contribution in [3.8, 4) is 0 Å². The van der Waals surface area contributed by atoms with Crippen molar-refractivity contribution < 1.29 is 110 Å². The second kappa shape index (κ2) is 12.8. The largest absolute Gasteiger partial charge is 1.00 e. The van der Waals surface area contributed by atoms with Gasteiger partial charge in [0.05, 0.1) is 0 Å². The van der Waals surface area contributed by atoms with Gasteiger partial charge in [-0.05, 0) is 0 Å². The first kappa shape index (κ1) is 29.2. The molecule has 0 unspecified atom stereocenters. The van der Waals surface area contributed by atoms with Gasteiger partial charge in [0.1, 0.15) is 0 Å². The van der Waals surface area contributed by atoms with Gasteiger partial charge in [-0.15, -0.1) is 0 Å². The van der Waals surface area contributed by atoms with E-state index < -0.39 is 14.0 Å². The van der Waals surface area contributed by atoms with Crippen molar-refractivity contribution in [1.29, 1.82) is 0 Å². The van der Waals surface area contributed by atoms with Crippen molar-refractivity contribution >= 4 is 14.0 Å². The molecule has 0 fully saturated rings. The van der Waals surface area contributed by atoms with Crippen LogP contribution >= 0.6 is 7.82 Å². The molecule has 6 nitrogen and oxygen atoms in total. The summed E-state index contributed by atoms with van der Waals surface area (Å²) >= 11 is 0. The second-order valence-corrected chi connectivity index (χ2v) is 2.01. The standard InChI is InChI=1S/CH3O6P.4Li.4H/c2-1(3)7-8(4,5)6;;;;;;;;/h(H,2,3)(H2,4,5,6);;;;;;;;/q;4*+1;4*-1. The Morgan fingerprint density at radius 2 is 1.42 bits per heavy atom. The summed E-state index contributed by atoms with van der Waals surface area (Å²) < 4.78 is 12.6. The zero-order valence-corrected chi connectivity index (χ0v) is 8.41. The maximum Gasteiger partial charge on any atom is 1.00 e. The summed E-state index contributed by atoms with van der Waals surface area (Å²) in [6.45, 7) is 0. The molecule has 0 bridgehead atoms. The zero-order chi connectivity index (χ0) is 6.78. The Kier molecular flexibility index (Phi) is 31.2. The molecule has 0 rings (SSSR count). The molecular weight excluding hydrogens is 167 g/mol. The van der Waals surface area contributed by atoms with Gasteiger partial charge in [0, 0.05) is 0 Å². The van der Waals surface area contributed by atoms with Gasteiger partial charge in [0.2, 0.25) is 0 Å². The summed E-state index contributed by atoms with van der Waals surface area (Å²) in [7, 11) is -4.82. The van der Waals surface area contributed by atoms with Crippen molar-refractivity contribution in [3.05, 3.63) is 0 Å². The first-order chi connectivity index (χ1) is 3.42. The third kappa shape index (κ3) is 29.8. The number of hydrogen-bond donors (Lipinski definition) is 3. The van der Waals surface area contributed by atoms with Crippen molar-refractivity contribution in [2.45, 2.75) is 0 Å². The van der Waals surface area contributed by atoms with E-state index in [-0.39, 0.29) is 81.1 Å². The van der Waals surface area contributed by atoms with Gasteiger partial charge in [-0.3, -0.25) is 9.79 Å². The van der Waals surface area contributed by atoms with Crippen LogP contribution in [0.2, 0.25) is 0 Å². The smallest absolute Gasteiger partial charge is 1.00 e. The van der Waals surface area contributed by atoms with E-state index in [4.69, 9.17) is 14.9 Å². The molecule has 0 aromatic heterocycles. The van der Waals surface area contributed by atoms with Crippen LogP contribution in [0.4, 0.5) is 4.79 Å². The molecule has 0 saturated carbocycles. The monoisotopic (exact) mass is 174 g/mol. The van der Waals surface area contributed by atoms with Gasteiger partial charge in [-0.2, -0.15) is 0 Å². The number of carbonyl (C=O) groups is 1. The third-order valence-electron chi connectivity index (χ3n) is 0.197. The second-order valence-electron chi connectivity index (χ2n) is 0.848. The summed E-state index contributed by atoms with van der Waals surface area (Å²) in [5.74, 6) is 0. The predicted molar refractivity (Wildman–Crippen MR) is 25.6 cm³/mol. The first-order valence-corrected chi connectivity index (χ1v) is 2.93. The van der Waals surface area contributed by atoms with Crippen LogP contribution in [0.15, 0.2) is 0 Å². The Labute approximate surface area is 123 Å². The van der Waals surface area contributed by atoms with E-state index in [9.17, 15) is 9.36 Å². The molecule has 56 valence electrons. The van der Waals surface area contributed by atoms with E-state index >= 15 is 0 Å². The van der Waals surface area contributed by atoms with Crippen LogP contribution in [0.5, 0.6) is 0 Å². The molecule has 0 spiro atoms. The minimum absolute atomic E-state index is 0. The Morgan fingerprint density at radius 3 is 1.42 bits per heavy atom. The molecule has 0 aliphatic rings. The van der Waals surface area contributed by atoms with E-state index in [0.717, 1.165) is 0 Å². The van der Waals surface area contributed by atoms with Gasteiger partial charge in [0.25, 0.3) is 0 Å². The summed E-state index contributed by atoms with van der Waals surface area (Å²) in [4.78, 5) is 24.7. The summed E-state index contributed by atoms with van der Waals surface area (Å²) in [5, 5.41) is 7.53. The Balaban J connectivity index is -0.00000000875. The average molecular weight is 174 g/mol. The molecular formula is CH7Li4O6P. The molecule has 0 radical (unpaired) electrons. The Bertz CT molecular complexity index is 155. The molecule has 12 heavy (non-hydrogen) atoms. The van der Waals surface area contributed by atoms with E-state index in [0.29, 0.717) is 0 Å². The number of phosphoric ester groups is 1.